The number of amides is 1. The van der Waals surface area contributed by atoms with Gasteiger partial charge in [0, 0.05) is 12.1 Å². The van der Waals surface area contributed by atoms with Gasteiger partial charge in [-0.25, -0.2) is 0 Å². The van der Waals surface area contributed by atoms with Gasteiger partial charge in [-0.1, -0.05) is 18.2 Å². The highest BCUT2D eigenvalue weighted by atomic mass is 16.5. The van der Waals surface area contributed by atoms with Crippen molar-refractivity contribution in [3.63, 3.8) is 0 Å². The highest BCUT2D eigenvalue weighted by Crippen LogP contribution is 2.16. The van der Waals surface area contributed by atoms with Crippen molar-refractivity contribution in [1.29, 1.82) is 0 Å². The second kappa shape index (κ2) is 5.90. The highest BCUT2D eigenvalue weighted by molar-refractivity contribution is 5.96. The second-order valence-corrected chi connectivity index (χ2v) is 3.47. The fourth-order valence-corrected chi connectivity index (χ4v) is 1.33. The van der Waals surface area contributed by atoms with E-state index in [2.05, 4.69) is 5.32 Å². The summed E-state index contributed by atoms with van der Waals surface area (Å²) in [7, 11) is 1.58. The molecule has 16 heavy (non-hydrogen) atoms. The molecule has 0 atom stereocenters. The van der Waals surface area contributed by atoms with Crippen LogP contribution in [0.2, 0.25) is 0 Å². The number of carbonyl (C=O) groups is 2. The molecule has 0 aliphatic rings. The lowest BCUT2D eigenvalue weighted by atomic mass is 10.2. The summed E-state index contributed by atoms with van der Waals surface area (Å²) in [5.41, 5.74) is 0.891. The molecule has 0 spiro atoms. The van der Waals surface area contributed by atoms with E-state index in [9.17, 15) is 9.59 Å². The first kappa shape index (κ1) is 12.2. The smallest absolute Gasteiger partial charge is 0.227 e. The summed E-state index contributed by atoms with van der Waals surface area (Å²) in [6.07, 6.45) is -0.0743. The first-order chi connectivity index (χ1) is 7.63. The van der Waals surface area contributed by atoms with Crippen molar-refractivity contribution in [1.82, 2.24) is 5.32 Å². The molecule has 4 heteroatoms. The average molecular weight is 221 g/mol. The fourth-order valence-electron chi connectivity index (χ4n) is 1.33. The van der Waals surface area contributed by atoms with Crippen molar-refractivity contribution in [2.75, 3.05) is 7.11 Å². The van der Waals surface area contributed by atoms with Gasteiger partial charge in [0.05, 0.1) is 13.5 Å². The Morgan fingerprint density at radius 1 is 1.31 bits per heavy atom. The molecule has 1 N–H and O–H groups in total. The number of rotatable bonds is 5. The van der Waals surface area contributed by atoms with Crippen molar-refractivity contribution in [3.05, 3.63) is 29.8 Å². The maximum Gasteiger partial charge on any atom is 0.227 e. The zero-order valence-corrected chi connectivity index (χ0v) is 9.45. The molecule has 0 aromatic heterocycles. The van der Waals surface area contributed by atoms with Gasteiger partial charge in [0.1, 0.15) is 11.5 Å². The van der Waals surface area contributed by atoms with Gasteiger partial charge in [0.2, 0.25) is 5.91 Å². The minimum atomic E-state index is -0.265. The number of hydrogen-bond acceptors (Lipinski definition) is 3. The van der Waals surface area contributed by atoms with E-state index in [1.807, 2.05) is 24.3 Å². The molecule has 1 aromatic rings. The van der Waals surface area contributed by atoms with E-state index in [0.29, 0.717) is 6.54 Å². The summed E-state index contributed by atoms with van der Waals surface area (Å²) in [6, 6.07) is 7.42. The van der Waals surface area contributed by atoms with E-state index in [4.69, 9.17) is 4.74 Å². The first-order valence-corrected chi connectivity index (χ1v) is 5.01. The zero-order valence-electron chi connectivity index (χ0n) is 9.45. The van der Waals surface area contributed by atoms with Gasteiger partial charge >= 0.3 is 0 Å². The van der Waals surface area contributed by atoms with Crippen LogP contribution in [0.1, 0.15) is 18.9 Å². The monoisotopic (exact) mass is 221 g/mol. The van der Waals surface area contributed by atoms with Crippen molar-refractivity contribution in [3.8, 4) is 5.75 Å². The molecule has 0 saturated heterocycles. The summed E-state index contributed by atoms with van der Waals surface area (Å²) in [5.74, 6) is 0.321. The number of carbonyl (C=O) groups excluding carboxylic acids is 2. The van der Waals surface area contributed by atoms with E-state index in [1.54, 1.807) is 7.11 Å². The van der Waals surface area contributed by atoms with Crippen LogP contribution >= 0.6 is 0 Å². The van der Waals surface area contributed by atoms with E-state index >= 15 is 0 Å². The topological polar surface area (TPSA) is 55.4 Å². The van der Waals surface area contributed by atoms with Gasteiger partial charge in [-0.15, -0.1) is 0 Å². The van der Waals surface area contributed by atoms with Crippen LogP contribution in [-0.2, 0) is 16.1 Å². The molecule has 0 fully saturated rings. The minimum absolute atomic E-state index is 0.0743. The van der Waals surface area contributed by atoms with Crippen LogP contribution in [0.25, 0.3) is 0 Å². The third kappa shape index (κ3) is 3.73. The van der Waals surface area contributed by atoms with Gasteiger partial charge in [-0.05, 0) is 13.0 Å². The molecule has 4 nitrogen and oxygen atoms in total. The Labute approximate surface area is 94.6 Å². The number of Topliss-reactive ketones (excluding diaryl/α,β-unsaturated/α-hetero) is 1. The molecule has 0 radical (unpaired) electrons. The molecule has 0 heterocycles. The molecule has 1 amide bonds. The number of hydrogen-bond donors (Lipinski definition) is 1. The van der Waals surface area contributed by atoms with Crippen molar-refractivity contribution >= 4 is 11.7 Å². The van der Waals surface area contributed by atoms with E-state index in [1.165, 1.54) is 6.92 Å². The number of benzene rings is 1. The Kier molecular flexibility index (Phi) is 4.51. The van der Waals surface area contributed by atoms with Crippen LogP contribution < -0.4 is 10.1 Å². The van der Waals surface area contributed by atoms with Gasteiger partial charge in [-0.2, -0.15) is 0 Å². The van der Waals surface area contributed by atoms with Gasteiger partial charge in [-0.3, -0.25) is 9.59 Å². The standard InChI is InChI=1S/C12H15NO3/c1-9(14)7-12(15)13-8-10-5-3-4-6-11(10)16-2/h3-6H,7-8H2,1-2H3,(H,13,15). The van der Waals surface area contributed by atoms with Gasteiger partial charge in [0.15, 0.2) is 0 Å². The number of nitrogens with one attached hydrogen (secondary N) is 1. The summed E-state index contributed by atoms with van der Waals surface area (Å²) in [4.78, 5) is 22.0. The van der Waals surface area contributed by atoms with E-state index < -0.39 is 0 Å². The third-order valence-corrected chi connectivity index (χ3v) is 2.08. The van der Waals surface area contributed by atoms with Crippen LogP contribution in [0.4, 0.5) is 0 Å². The molecule has 1 aromatic carbocycles. The Morgan fingerprint density at radius 3 is 2.62 bits per heavy atom. The molecular weight excluding hydrogens is 206 g/mol. The minimum Gasteiger partial charge on any atom is -0.496 e. The molecule has 0 unspecified atom stereocenters. The number of ether oxygens (including phenoxy) is 1. The van der Waals surface area contributed by atoms with Crippen LogP contribution in [0.3, 0.4) is 0 Å². The molecule has 0 saturated carbocycles. The van der Waals surface area contributed by atoms with Crippen LogP contribution in [0.15, 0.2) is 24.3 Å². The SMILES string of the molecule is COc1ccccc1CNC(=O)CC(C)=O. The number of ketones is 1. The molecule has 0 aliphatic heterocycles. The Balaban J connectivity index is 2.54. The highest BCUT2D eigenvalue weighted by Gasteiger charge is 2.06. The predicted molar refractivity (Wildman–Crippen MR) is 60.1 cm³/mol. The summed E-state index contributed by atoms with van der Waals surface area (Å²) >= 11 is 0. The maximum absolute atomic E-state index is 11.3. The molecule has 0 aliphatic carbocycles. The predicted octanol–water partition coefficient (Wildman–Crippen LogP) is 1.29. The third-order valence-electron chi connectivity index (χ3n) is 2.08. The van der Waals surface area contributed by atoms with Crippen LogP contribution in [0.5, 0.6) is 5.75 Å². The van der Waals surface area contributed by atoms with Crippen LogP contribution in [-0.4, -0.2) is 18.8 Å². The molecule has 1 rings (SSSR count). The second-order valence-electron chi connectivity index (χ2n) is 3.47. The molecule has 0 bridgehead atoms. The lowest BCUT2D eigenvalue weighted by Gasteiger charge is -2.08. The fraction of sp³-hybridized carbons (Fsp3) is 0.333. The summed E-state index contributed by atoms with van der Waals surface area (Å²) in [5, 5.41) is 2.67. The quantitative estimate of drug-likeness (QED) is 0.762. The van der Waals surface area contributed by atoms with Crippen molar-refractivity contribution in [2.45, 2.75) is 19.9 Å². The Morgan fingerprint density at radius 2 is 2.00 bits per heavy atom. The lowest BCUT2D eigenvalue weighted by Crippen LogP contribution is -2.24. The average Bonchev–Trinajstić information content (AvgIpc) is 2.26. The number of para-hydroxylation sites is 1. The summed E-state index contributed by atoms with van der Waals surface area (Å²) < 4.78 is 5.14. The lowest BCUT2D eigenvalue weighted by molar-refractivity contribution is -0.127. The van der Waals surface area contributed by atoms with Crippen LogP contribution in [0, 0.1) is 0 Å². The zero-order chi connectivity index (χ0) is 12.0. The Bertz CT molecular complexity index is 388. The van der Waals surface area contributed by atoms with Crippen molar-refractivity contribution < 1.29 is 14.3 Å². The molecular formula is C12H15NO3. The number of methoxy groups -OCH3 is 1. The summed E-state index contributed by atoms with van der Waals surface area (Å²) in [6.45, 7) is 1.76. The maximum atomic E-state index is 11.3. The van der Waals surface area contributed by atoms with Crippen molar-refractivity contribution in [2.24, 2.45) is 0 Å². The largest absolute Gasteiger partial charge is 0.496 e. The van der Waals surface area contributed by atoms with E-state index in [-0.39, 0.29) is 18.1 Å². The first-order valence-electron chi connectivity index (χ1n) is 5.01. The van der Waals surface area contributed by atoms with Gasteiger partial charge < -0.3 is 10.1 Å². The normalized spacial score (nSPS) is 9.62. The van der Waals surface area contributed by atoms with Gasteiger partial charge in [0.25, 0.3) is 0 Å². The Hall–Kier alpha value is -1.84. The van der Waals surface area contributed by atoms with E-state index in [0.717, 1.165) is 11.3 Å². The molecule has 86 valence electrons.